The lowest BCUT2D eigenvalue weighted by Crippen LogP contribution is -2.48. The molecule has 0 saturated carbocycles. The van der Waals surface area contributed by atoms with Crippen molar-refractivity contribution in [2.24, 2.45) is 17.1 Å². The fraction of sp³-hybridized carbons (Fsp3) is 0.933. The van der Waals surface area contributed by atoms with Gasteiger partial charge in [-0.15, -0.1) is 0 Å². The van der Waals surface area contributed by atoms with Gasteiger partial charge in [0.05, 0.1) is 0 Å². The summed E-state index contributed by atoms with van der Waals surface area (Å²) in [4.78, 5) is 13.8. The van der Waals surface area contributed by atoms with Crippen LogP contribution in [0.1, 0.15) is 54.4 Å². The second-order valence-electron chi connectivity index (χ2n) is 7.70. The van der Waals surface area contributed by atoms with Gasteiger partial charge in [-0.2, -0.15) is 0 Å². The topological polar surface area (TPSA) is 55.6 Å². The number of piperidine rings is 1. The van der Waals surface area contributed by atoms with E-state index in [1.54, 1.807) is 4.90 Å². The Morgan fingerprint density at radius 1 is 1.16 bits per heavy atom. The summed E-state index contributed by atoms with van der Waals surface area (Å²) in [6.45, 7) is 13.7. The summed E-state index contributed by atoms with van der Waals surface area (Å²) in [5.74, 6) is 0.499. The molecular formula is C15H30N2O2. The number of likely N-dealkylation sites (tertiary alicyclic amines) is 1. The van der Waals surface area contributed by atoms with E-state index in [9.17, 15) is 4.79 Å². The van der Waals surface area contributed by atoms with E-state index in [0.717, 1.165) is 25.9 Å². The summed E-state index contributed by atoms with van der Waals surface area (Å²) in [6, 6.07) is 0.188. The summed E-state index contributed by atoms with van der Waals surface area (Å²) >= 11 is 0. The first-order valence-electron chi connectivity index (χ1n) is 7.24. The summed E-state index contributed by atoms with van der Waals surface area (Å²) < 4.78 is 5.40. The lowest BCUT2D eigenvalue weighted by molar-refractivity contribution is 0.0156. The maximum Gasteiger partial charge on any atom is 0.410 e. The highest BCUT2D eigenvalue weighted by molar-refractivity contribution is 5.68. The SMILES string of the molecule is CC(C)(C)OC(=O)N1CCC(C(N)C(C)(C)C)CC1. The van der Waals surface area contributed by atoms with Crippen molar-refractivity contribution in [1.82, 2.24) is 4.90 Å². The molecule has 1 atom stereocenters. The van der Waals surface area contributed by atoms with Crippen molar-refractivity contribution in [3.05, 3.63) is 0 Å². The maximum atomic E-state index is 12.0. The molecule has 0 radical (unpaired) electrons. The van der Waals surface area contributed by atoms with Crippen LogP contribution < -0.4 is 5.73 Å². The van der Waals surface area contributed by atoms with Gasteiger partial charge in [0, 0.05) is 19.1 Å². The number of carbonyl (C=O) groups excluding carboxylic acids is 1. The number of nitrogens with zero attached hydrogens (tertiary/aromatic N) is 1. The highest BCUT2D eigenvalue weighted by atomic mass is 16.6. The number of carbonyl (C=O) groups is 1. The zero-order valence-corrected chi connectivity index (χ0v) is 13.3. The van der Waals surface area contributed by atoms with Crippen molar-refractivity contribution in [1.29, 1.82) is 0 Å². The molecule has 0 aromatic heterocycles. The molecule has 112 valence electrons. The Morgan fingerprint density at radius 3 is 2.00 bits per heavy atom. The number of ether oxygens (including phenoxy) is 1. The second kappa shape index (κ2) is 5.70. The van der Waals surface area contributed by atoms with Gasteiger partial charge in [-0.25, -0.2) is 4.79 Å². The minimum atomic E-state index is -0.421. The van der Waals surface area contributed by atoms with E-state index in [4.69, 9.17) is 10.5 Å². The Kier molecular flexibility index (Phi) is 4.88. The molecule has 1 unspecified atom stereocenters. The molecule has 1 heterocycles. The third-order valence-corrected chi connectivity index (χ3v) is 3.70. The molecule has 1 fully saturated rings. The molecule has 1 amide bonds. The largest absolute Gasteiger partial charge is 0.444 e. The molecule has 0 bridgehead atoms. The third-order valence-electron chi connectivity index (χ3n) is 3.70. The quantitative estimate of drug-likeness (QED) is 0.797. The summed E-state index contributed by atoms with van der Waals surface area (Å²) in [5, 5.41) is 0. The van der Waals surface area contributed by atoms with Crippen molar-refractivity contribution in [3.63, 3.8) is 0 Å². The van der Waals surface area contributed by atoms with Crippen LogP contribution >= 0.6 is 0 Å². The molecule has 4 heteroatoms. The molecule has 1 aliphatic heterocycles. The monoisotopic (exact) mass is 270 g/mol. The predicted octanol–water partition coefficient (Wildman–Crippen LogP) is 3.01. The van der Waals surface area contributed by atoms with Gasteiger partial charge in [-0.3, -0.25) is 0 Å². The maximum absolute atomic E-state index is 12.0. The molecule has 0 aromatic rings. The van der Waals surface area contributed by atoms with E-state index in [2.05, 4.69) is 20.8 Å². The molecule has 1 rings (SSSR count). The fourth-order valence-corrected chi connectivity index (χ4v) is 2.47. The molecule has 4 nitrogen and oxygen atoms in total. The van der Waals surface area contributed by atoms with Crippen LogP contribution in [0.2, 0.25) is 0 Å². The summed E-state index contributed by atoms with van der Waals surface area (Å²) in [6.07, 6.45) is 1.74. The van der Waals surface area contributed by atoms with Gasteiger partial charge in [0.15, 0.2) is 0 Å². The van der Waals surface area contributed by atoms with E-state index in [1.807, 2.05) is 20.8 Å². The van der Waals surface area contributed by atoms with Crippen LogP contribution in [0.5, 0.6) is 0 Å². The number of nitrogens with two attached hydrogens (primary N) is 1. The van der Waals surface area contributed by atoms with Crippen molar-refractivity contribution < 1.29 is 9.53 Å². The number of amides is 1. The van der Waals surface area contributed by atoms with Crippen LogP contribution in [0, 0.1) is 11.3 Å². The average Bonchev–Trinajstić information content (AvgIpc) is 2.24. The normalized spacial score (nSPS) is 20.3. The Balaban J connectivity index is 2.47. The molecule has 1 aliphatic rings. The van der Waals surface area contributed by atoms with Gasteiger partial charge in [0.2, 0.25) is 0 Å². The second-order valence-corrected chi connectivity index (χ2v) is 7.70. The van der Waals surface area contributed by atoms with E-state index < -0.39 is 5.60 Å². The molecule has 19 heavy (non-hydrogen) atoms. The van der Waals surface area contributed by atoms with E-state index >= 15 is 0 Å². The Labute approximate surface area is 117 Å². The molecule has 1 saturated heterocycles. The minimum Gasteiger partial charge on any atom is -0.444 e. The van der Waals surface area contributed by atoms with Gasteiger partial charge in [0.1, 0.15) is 5.60 Å². The van der Waals surface area contributed by atoms with Gasteiger partial charge in [-0.1, -0.05) is 20.8 Å². The van der Waals surface area contributed by atoms with Crippen molar-refractivity contribution in [2.75, 3.05) is 13.1 Å². The van der Waals surface area contributed by atoms with Gasteiger partial charge >= 0.3 is 6.09 Å². The molecule has 0 aliphatic carbocycles. The van der Waals surface area contributed by atoms with Crippen molar-refractivity contribution in [3.8, 4) is 0 Å². The Morgan fingerprint density at radius 2 is 1.63 bits per heavy atom. The van der Waals surface area contributed by atoms with Crippen LogP contribution in [-0.2, 0) is 4.74 Å². The van der Waals surface area contributed by atoms with Crippen molar-refractivity contribution >= 4 is 6.09 Å². The fourth-order valence-electron chi connectivity index (χ4n) is 2.47. The molecule has 2 N–H and O–H groups in total. The third kappa shape index (κ3) is 5.01. The zero-order chi connectivity index (χ0) is 14.8. The van der Waals surface area contributed by atoms with Crippen LogP contribution in [-0.4, -0.2) is 35.7 Å². The summed E-state index contributed by atoms with van der Waals surface area (Å²) in [5.41, 5.74) is 6.02. The first-order chi connectivity index (χ1) is 8.50. The highest BCUT2D eigenvalue weighted by Crippen LogP contribution is 2.30. The van der Waals surface area contributed by atoms with Crippen molar-refractivity contribution in [2.45, 2.75) is 66.0 Å². The zero-order valence-electron chi connectivity index (χ0n) is 13.3. The van der Waals surface area contributed by atoms with E-state index in [-0.39, 0.29) is 17.6 Å². The lowest BCUT2D eigenvalue weighted by atomic mass is 9.76. The molecular weight excluding hydrogens is 240 g/mol. The summed E-state index contributed by atoms with van der Waals surface area (Å²) in [7, 11) is 0. The van der Waals surface area contributed by atoms with Crippen LogP contribution in [0.4, 0.5) is 4.79 Å². The first kappa shape index (κ1) is 16.3. The van der Waals surface area contributed by atoms with Gasteiger partial charge in [-0.05, 0) is 44.9 Å². The van der Waals surface area contributed by atoms with Gasteiger partial charge in [0.25, 0.3) is 0 Å². The smallest absolute Gasteiger partial charge is 0.410 e. The van der Waals surface area contributed by atoms with Gasteiger partial charge < -0.3 is 15.4 Å². The van der Waals surface area contributed by atoms with E-state index in [0.29, 0.717) is 5.92 Å². The van der Waals surface area contributed by atoms with E-state index in [1.165, 1.54) is 0 Å². The number of hydrogen-bond acceptors (Lipinski definition) is 3. The highest BCUT2D eigenvalue weighted by Gasteiger charge is 2.33. The van der Waals surface area contributed by atoms with Crippen LogP contribution in [0.3, 0.4) is 0 Å². The van der Waals surface area contributed by atoms with Crippen LogP contribution in [0.15, 0.2) is 0 Å². The predicted molar refractivity (Wildman–Crippen MR) is 78.0 cm³/mol. The minimum absolute atomic E-state index is 0.124. The average molecular weight is 270 g/mol. The number of hydrogen-bond donors (Lipinski definition) is 1. The Hall–Kier alpha value is -0.770. The Bertz CT molecular complexity index is 307. The lowest BCUT2D eigenvalue weighted by Gasteiger charge is -2.40. The first-order valence-corrected chi connectivity index (χ1v) is 7.24. The standard InChI is InChI=1S/C15H30N2O2/c1-14(2,3)12(16)11-7-9-17(10-8-11)13(18)19-15(4,5)6/h11-12H,7-10,16H2,1-6H3. The number of rotatable bonds is 1. The molecule has 0 spiro atoms. The van der Waals surface area contributed by atoms with Crippen LogP contribution in [0.25, 0.3) is 0 Å². The molecule has 0 aromatic carbocycles.